The SMILES string of the molecule is CC(=O)c1ccc(C(=O)NNC(=O)c2ccc(COc3ccc(Cl)c(C)c3)cc2)s1. The van der Waals surface area contributed by atoms with E-state index in [1.165, 1.54) is 6.92 Å². The number of carbonyl (C=O) groups is 3. The number of hydrogen-bond acceptors (Lipinski definition) is 5. The Hall–Kier alpha value is -3.16. The summed E-state index contributed by atoms with van der Waals surface area (Å²) in [4.78, 5) is 36.5. The smallest absolute Gasteiger partial charge is 0.279 e. The van der Waals surface area contributed by atoms with Gasteiger partial charge in [-0.1, -0.05) is 23.7 Å². The lowest BCUT2D eigenvalue weighted by atomic mass is 10.1. The summed E-state index contributed by atoms with van der Waals surface area (Å²) in [5.41, 5.74) is 6.92. The number of Topliss-reactive ketones (excluding diaryl/α,β-unsaturated/α-hetero) is 1. The van der Waals surface area contributed by atoms with Gasteiger partial charge in [0, 0.05) is 10.6 Å². The Morgan fingerprint density at radius 1 is 0.933 bits per heavy atom. The molecule has 30 heavy (non-hydrogen) atoms. The summed E-state index contributed by atoms with van der Waals surface area (Å²) in [5.74, 6) is -0.335. The van der Waals surface area contributed by atoms with E-state index >= 15 is 0 Å². The van der Waals surface area contributed by atoms with Crippen LogP contribution in [0.1, 0.15) is 47.8 Å². The standard InChI is InChI=1S/C22H19ClN2O4S/c1-13-11-17(7-8-18(13)23)29-12-15-3-5-16(6-4-15)21(27)24-25-22(28)20-10-9-19(30-20)14(2)26/h3-11H,12H2,1-2H3,(H,24,27)(H,25,28). The second kappa shape index (κ2) is 9.56. The molecule has 0 aliphatic rings. The molecule has 3 aromatic rings. The number of thiophene rings is 1. The summed E-state index contributed by atoms with van der Waals surface area (Å²) in [6.45, 7) is 3.68. The maximum absolute atomic E-state index is 12.2. The van der Waals surface area contributed by atoms with Gasteiger partial charge in [-0.15, -0.1) is 11.3 Å². The molecule has 3 rings (SSSR count). The number of ether oxygens (including phenoxy) is 1. The normalized spacial score (nSPS) is 10.4. The van der Waals surface area contributed by atoms with Crippen LogP contribution in [0.2, 0.25) is 5.02 Å². The zero-order chi connectivity index (χ0) is 21.7. The number of halogens is 1. The van der Waals surface area contributed by atoms with Gasteiger partial charge in [0.05, 0.1) is 9.75 Å². The van der Waals surface area contributed by atoms with Crippen LogP contribution in [0.4, 0.5) is 0 Å². The minimum Gasteiger partial charge on any atom is -0.489 e. The van der Waals surface area contributed by atoms with Gasteiger partial charge in [-0.05, 0) is 67.4 Å². The molecule has 2 N–H and O–H groups in total. The summed E-state index contributed by atoms with van der Waals surface area (Å²) < 4.78 is 5.74. The molecule has 0 fully saturated rings. The molecule has 8 heteroatoms. The van der Waals surface area contributed by atoms with E-state index in [0.717, 1.165) is 22.5 Å². The highest BCUT2D eigenvalue weighted by atomic mass is 35.5. The fraction of sp³-hybridized carbons (Fsp3) is 0.136. The van der Waals surface area contributed by atoms with Crippen molar-refractivity contribution in [3.05, 3.63) is 86.1 Å². The van der Waals surface area contributed by atoms with Crippen molar-refractivity contribution in [2.24, 2.45) is 0 Å². The van der Waals surface area contributed by atoms with Gasteiger partial charge < -0.3 is 4.74 Å². The highest BCUT2D eigenvalue weighted by molar-refractivity contribution is 7.15. The minimum absolute atomic E-state index is 0.113. The van der Waals surface area contributed by atoms with Crippen LogP contribution >= 0.6 is 22.9 Å². The van der Waals surface area contributed by atoms with Gasteiger partial charge in [0.1, 0.15) is 12.4 Å². The highest BCUT2D eigenvalue weighted by Crippen LogP contribution is 2.22. The second-order valence-electron chi connectivity index (χ2n) is 6.52. The van der Waals surface area contributed by atoms with E-state index in [-0.39, 0.29) is 5.78 Å². The molecule has 0 unspecified atom stereocenters. The van der Waals surface area contributed by atoms with Crippen molar-refractivity contribution in [3.8, 4) is 5.75 Å². The molecule has 0 atom stereocenters. The number of rotatable bonds is 6. The maximum atomic E-state index is 12.2. The average molecular weight is 443 g/mol. The second-order valence-corrected chi connectivity index (χ2v) is 8.02. The molecule has 2 amide bonds. The predicted molar refractivity (Wildman–Crippen MR) is 116 cm³/mol. The van der Waals surface area contributed by atoms with Crippen LogP contribution in [0.15, 0.2) is 54.6 Å². The molecular formula is C22H19ClN2O4S. The summed E-state index contributed by atoms with van der Waals surface area (Å²) in [5, 5.41) is 0.683. The molecule has 0 bridgehead atoms. The van der Waals surface area contributed by atoms with Gasteiger partial charge in [0.2, 0.25) is 0 Å². The van der Waals surface area contributed by atoms with Gasteiger partial charge in [-0.25, -0.2) is 0 Å². The summed E-state index contributed by atoms with van der Waals surface area (Å²) in [6.07, 6.45) is 0. The van der Waals surface area contributed by atoms with Gasteiger partial charge in [0.15, 0.2) is 5.78 Å². The Morgan fingerprint density at radius 3 is 2.23 bits per heavy atom. The van der Waals surface area contributed by atoms with Crippen LogP contribution in [0, 0.1) is 6.92 Å². The lowest BCUT2D eigenvalue weighted by Crippen LogP contribution is -2.41. The van der Waals surface area contributed by atoms with E-state index in [9.17, 15) is 14.4 Å². The molecule has 154 valence electrons. The van der Waals surface area contributed by atoms with Crippen molar-refractivity contribution in [2.75, 3.05) is 0 Å². The number of carbonyl (C=O) groups excluding carboxylic acids is 3. The first-order valence-electron chi connectivity index (χ1n) is 9.03. The molecule has 1 aromatic heterocycles. The number of amides is 2. The number of nitrogens with one attached hydrogen (secondary N) is 2. The molecule has 0 aliphatic heterocycles. The van der Waals surface area contributed by atoms with Crippen molar-refractivity contribution in [3.63, 3.8) is 0 Å². The molecule has 0 radical (unpaired) electrons. The number of benzene rings is 2. The average Bonchev–Trinajstić information content (AvgIpc) is 3.24. The fourth-order valence-corrected chi connectivity index (χ4v) is 3.44. The molecule has 0 spiro atoms. The lowest BCUT2D eigenvalue weighted by Gasteiger charge is -2.09. The Labute approximate surface area is 182 Å². The molecule has 1 heterocycles. The lowest BCUT2D eigenvalue weighted by molar-refractivity contribution is 0.0849. The number of aryl methyl sites for hydroxylation is 1. The van der Waals surface area contributed by atoms with Crippen LogP contribution in [0.5, 0.6) is 5.75 Å². The van der Waals surface area contributed by atoms with Crippen molar-refractivity contribution < 1.29 is 19.1 Å². The minimum atomic E-state index is -0.482. The molecule has 2 aromatic carbocycles. The zero-order valence-electron chi connectivity index (χ0n) is 16.3. The van der Waals surface area contributed by atoms with Gasteiger partial charge in [-0.2, -0.15) is 0 Å². The number of hydrogen-bond donors (Lipinski definition) is 2. The highest BCUT2D eigenvalue weighted by Gasteiger charge is 2.13. The van der Waals surface area contributed by atoms with E-state index in [1.54, 1.807) is 48.5 Å². The van der Waals surface area contributed by atoms with E-state index in [2.05, 4.69) is 10.9 Å². The number of ketones is 1. The third-order valence-electron chi connectivity index (χ3n) is 4.22. The molecule has 0 saturated heterocycles. The zero-order valence-corrected chi connectivity index (χ0v) is 17.9. The first kappa shape index (κ1) is 21.5. The van der Waals surface area contributed by atoms with Crippen molar-refractivity contribution in [1.82, 2.24) is 10.9 Å². The third-order valence-corrected chi connectivity index (χ3v) is 5.83. The Balaban J connectivity index is 1.52. The van der Waals surface area contributed by atoms with E-state index in [0.29, 0.717) is 32.7 Å². The fourth-order valence-electron chi connectivity index (χ4n) is 2.52. The summed E-state index contributed by atoms with van der Waals surface area (Å²) in [6, 6.07) is 15.4. The van der Waals surface area contributed by atoms with Crippen LogP contribution < -0.4 is 15.6 Å². The van der Waals surface area contributed by atoms with Gasteiger partial charge >= 0.3 is 0 Å². The third kappa shape index (κ3) is 5.46. The monoisotopic (exact) mass is 442 g/mol. The maximum Gasteiger partial charge on any atom is 0.279 e. The number of hydrazine groups is 1. The quantitative estimate of drug-likeness (QED) is 0.432. The van der Waals surface area contributed by atoms with Crippen LogP contribution in [-0.4, -0.2) is 17.6 Å². The van der Waals surface area contributed by atoms with E-state index < -0.39 is 11.8 Å². The molecule has 0 saturated carbocycles. The first-order chi connectivity index (χ1) is 14.3. The molecular weight excluding hydrogens is 424 g/mol. The van der Waals surface area contributed by atoms with Gasteiger partial charge in [-0.3, -0.25) is 25.2 Å². The largest absolute Gasteiger partial charge is 0.489 e. The predicted octanol–water partition coefficient (Wildman–Crippen LogP) is 4.57. The van der Waals surface area contributed by atoms with Crippen molar-refractivity contribution in [2.45, 2.75) is 20.5 Å². The van der Waals surface area contributed by atoms with Crippen LogP contribution in [0.25, 0.3) is 0 Å². The van der Waals surface area contributed by atoms with Crippen LogP contribution in [-0.2, 0) is 6.61 Å². The van der Waals surface area contributed by atoms with Crippen molar-refractivity contribution >= 4 is 40.5 Å². The Bertz CT molecular complexity index is 1090. The Kier molecular flexibility index (Phi) is 6.87. The van der Waals surface area contributed by atoms with Crippen molar-refractivity contribution in [1.29, 1.82) is 0 Å². The van der Waals surface area contributed by atoms with E-state index in [4.69, 9.17) is 16.3 Å². The van der Waals surface area contributed by atoms with Crippen LogP contribution in [0.3, 0.4) is 0 Å². The van der Waals surface area contributed by atoms with E-state index in [1.807, 2.05) is 13.0 Å². The topological polar surface area (TPSA) is 84.5 Å². The Morgan fingerprint density at radius 2 is 1.60 bits per heavy atom. The molecule has 0 aliphatic carbocycles. The summed E-state index contributed by atoms with van der Waals surface area (Å²) >= 11 is 7.08. The van der Waals surface area contributed by atoms with Gasteiger partial charge in [0.25, 0.3) is 11.8 Å². The first-order valence-corrected chi connectivity index (χ1v) is 10.2. The molecule has 6 nitrogen and oxygen atoms in total. The summed E-state index contributed by atoms with van der Waals surface area (Å²) in [7, 11) is 0.